The van der Waals surface area contributed by atoms with E-state index in [-0.39, 0.29) is 5.97 Å². The van der Waals surface area contributed by atoms with Crippen LogP contribution < -0.4 is 11.5 Å². The Bertz CT molecular complexity index is 613. The van der Waals surface area contributed by atoms with Crippen molar-refractivity contribution in [1.82, 2.24) is 9.97 Å². The quantitative estimate of drug-likeness (QED) is 0.502. The maximum Gasteiger partial charge on any atom is 0.337 e. The molecule has 0 atom stereocenters. The number of ether oxygens (including phenoxy) is 1. The largest absolute Gasteiger partial charge is 0.465 e. The third-order valence-electron chi connectivity index (χ3n) is 2.46. The molecule has 0 aliphatic carbocycles. The van der Waals surface area contributed by atoms with Crippen molar-refractivity contribution in [1.29, 1.82) is 0 Å². The SMILES string of the molecule is COC(=O)c1cccc(CSc2nc(N)cc(N)n2)c1. The molecule has 7 heteroatoms. The van der Waals surface area contributed by atoms with Crippen LogP contribution in [0.15, 0.2) is 35.5 Å². The van der Waals surface area contributed by atoms with E-state index in [0.29, 0.717) is 28.1 Å². The van der Waals surface area contributed by atoms with E-state index < -0.39 is 0 Å². The highest BCUT2D eigenvalue weighted by atomic mass is 32.2. The molecule has 0 aliphatic heterocycles. The number of nitrogens with zero attached hydrogens (tertiary/aromatic N) is 2. The van der Waals surface area contributed by atoms with Crippen molar-refractivity contribution in [3.05, 3.63) is 41.5 Å². The first-order chi connectivity index (χ1) is 9.58. The number of rotatable bonds is 4. The Morgan fingerprint density at radius 3 is 2.60 bits per heavy atom. The zero-order chi connectivity index (χ0) is 14.5. The number of hydrogen-bond acceptors (Lipinski definition) is 7. The summed E-state index contributed by atoms with van der Waals surface area (Å²) in [6.45, 7) is 0. The highest BCUT2D eigenvalue weighted by Gasteiger charge is 2.07. The van der Waals surface area contributed by atoms with Crippen LogP contribution in [0.5, 0.6) is 0 Å². The molecule has 0 radical (unpaired) electrons. The second-order valence-corrected chi connectivity index (χ2v) is 4.92. The predicted octanol–water partition coefficient (Wildman–Crippen LogP) is 1.72. The molecule has 0 spiro atoms. The van der Waals surface area contributed by atoms with Crippen molar-refractivity contribution < 1.29 is 9.53 Å². The summed E-state index contributed by atoms with van der Waals surface area (Å²) in [6, 6.07) is 8.69. The van der Waals surface area contributed by atoms with E-state index in [2.05, 4.69) is 14.7 Å². The number of carbonyl (C=O) groups excluding carboxylic acids is 1. The van der Waals surface area contributed by atoms with Gasteiger partial charge in [0.15, 0.2) is 5.16 Å². The van der Waals surface area contributed by atoms with E-state index in [4.69, 9.17) is 11.5 Å². The summed E-state index contributed by atoms with van der Waals surface area (Å²) in [7, 11) is 1.35. The van der Waals surface area contributed by atoms with E-state index in [1.54, 1.807) is 18.2 Å². The maximum atomic E-state index is 11.4. The van der Waals surface area contributed by atoms with E-state index in [1.807, 2.05) is 6.07 Å². The van der Waals surface area contributed by atoms with Crippen LogP contribution in [0.4, 0.5) is 11.6 Å². The predicted molar refractivity (Wildman–Crippen MR) is 78.2 cm³/mol. The minimum absolute atomic E-state index is 0.336. The molecule has 104 valence electrons. The van der Waals surface area contributed by atoms with Gasteiger partial charge in [-0.3, -0.25) is 0 Å². The summed E-state index contributed by atoms with van der Waals surface area (Å²) in [4.78, 5) is 19.6. The van der Waals surface area contributed by atoms with Gasteiger partial charge in [-0.05, 0) is 17.7 Å². The second-order valence-electron chi connectivity index (χ2n) is 3.98. The second kappa shape index (κ2) is 6.25. The molecule has 0 saturated carbocycles. The Balaban J connectivity index is 2.09. The maximum absolute atomic E-state index is 11.4. The lowest BCUT2D eigenvalue weighted by Crippen LogP contribution is -2.01. The zero-order valence-electron chi connectivity index (χ0n) is 10.9. The number of benzene rings is 1. The molecule has 0 aliphatic rings. The number of nitrogen functional groups attached to an aromatic ring is 2. The van der Waals surface area contributed by atoms with Crippen LogP contribution in [0.2, 0.25) is 0 Å². The number of aromatic nitrogens is 2. The van der Waals surface area contributed by atoms with Crippen LogP contribution in [0.25, 0.3) is 0 Å². The average molecular weight is 290 g/mol. The molecule has 6 nitrogen and oxygen atoms in total. The summed E-state index contributed by atoms with van der Waals surface area (Å²) in [5.74, 6) is 0.918. The fourth-order valence-electron chi connectivity index (χ4n) is 1.58. The molecule has 1 aromatic heterocycles. The smallest absolute Gasteiger partial charge is 0.337 e. The molecule has 20 heavy (non-hydrogen) atoms. The minimum Gasteiger partial charge on any atom is -0.465 e. The van der Waals surface area contributed by atoms with E-state index in [0.717, 1.165) is 5.56 Å². The normalized spacial score (nSPS) is 10.2. The molecule has 1 heterocycles. The summed E-state index contributed by atoms with van der Waals surface area (Å²) in [6.07, 6.45) is 0. The van der Waals surface area contributed by atoms with Crippen molar-refractivity contribution >= 4 is 29.4 Å². The van der Waals surface area contributed by atoms with E-state index in [1.165, 1.54) is 24.9 Å². The summed E-state index contributed by atoms with van der Waals surface area (Å²) in [5.41, 5.74) is 12.7. The van der Waals surface area contributed by atoms with Gasteiger partial charge >= 0.3 is 5.97 Å². The van der Waals surface area contributed by atoms with E-state index in [9.17, 15) is 4.79 Å². The van der Waals surface area contributed by atoms with Crippen molar-refractivity contribution in [2.75, 3.05) is 18.6 Å². The Morgan fingerprint density at radius 1 is 1.25 bits per heavy atom. The Kier molecular flexibility index (Phi) is 4.41. The van der Waals surface area contributed by atoms with Gasteiger partial charge in [-0.1, -0.05) is 23.9 Å². The van der Waals surface area contributed by atoms with Crippen LogP contribution in [0.3, 0.4) is 0 Å². The molecule has 0 bridgehead atoms. The third-order valence-corrected chi connectivity index (χ3v) is 3.38. The van der Waals surface area contributed by atoms with Gasteiger partial charge < -0.3 is 16.2 Å². The molecule has 0 saturated heterocycles. The van der Waals surface area contributed by atoms with E-state index >= 15 is 0 Å². The molecule has 0 unspecified atom stereocenters. The summed E-state index contributed by atoms with van der Waals surface area (Å²) in [5, 5.41) is 0.506. The molecule has 4 N–H and O–H groups in total. The fourth-order valence-corrected chi connectivity index (χ4v) is 2.40. The van der Waals surface area contributed by atoms with Crippen molar-refractivity contribution in [3.63, 3.8) is 0 Å². The van der Waals surface area contributed by atoms with Gasteiger partial charge in [-0.2, -0.15) is 0 Å². The first kappa shape index (κ1) is 14.1. The van der Waals surface area contributed by atoms with Crippen molar-refractivity contribution in [2.24, 2.45) is 0 Å². The first-order valence-electron chi connectivity index (χ1n) is 5.78. The summed E-state index contributed by atoms with van der Waals surface area (Å²) >= 11 is 1.40. The number of nitrogens with two attached hydrogens (primary N) is 2. The van der Waals surface area contributed by atoms with Crippen LogP contribution in [0.1, 0.15) is 15.9 Å². The molecule has 2 rings (SSSR count). The minimum atomic E-state index is -0.360. The Hall–Kier alpha value is -2.28. The molecule has 2 aromatic rings. The van der Waals surface area contributed by atoms with Gasteiger partial charge in [0, 0.05) is 11.8 Å². The van der Waals surface area contributed by atoms with Gasteiger partial charge in [0.25, 0.3) is 0 Å². The lowest BCUT2D eigenvalue weighted by molar-refractivity contribution is 0.0600. The van der Waals surface area contributed by atoms with Crippen molar-refractivity contribution in [2.45, 2.75) is 10.9 Å². The Labute approximate surface area is 120 Å². The number of methoxy groups -OCH3 is 1. The van der Waals surface area contributed by atoms with Crippen LogP contribution in [-0.4, -0.2) is 23.0 Å². The lowest BCUT2D eigenvalue weighted by atomic mass is 10.1. The zero-order valence-corrected chi connectivity index (χ0v) is 11.7. The number of anilines is 2. The molecular formula is C13H14N4O2S. The fraction of sp³-hybridized carbons (Fsp3) is 0.154. The van der Waals surface area contributed by atoms with Crippen LogP contribution in [0, 0.1) is 0 Å². The average Bonchev–Trinajstić information content (AvgIpc) is 2.43. The van der Waals surface area contributed by atoms with Crippen LogP contribution in [-0.2, 0) is 10.5 Å². The Morgan fingerprint density at radius 2 is 1.95 bits per heavy atom. The monoisotopic (exact) mass is 290 g/mol. The molecular weight excluding hydrogens is 276 g/mol. The van der Waals surface area contributed by atoms with Crippen LogP contribution >= 0.6 is 11.8 Å². The number of esters is 1. The molecule has 0 fully saturated rings. The topological polar surface area (TPSA) is 104 Å². The number of carbonyl (C=O) groups is 1. The number of hydrogen-bond donors (Lipinski definition) is 2. The standard InChI is InChI=1S/C13H14N4O2S/c1-19-12(18)9-4-2-3-8(5-9)7-20-13-16-10(14)6-11(15)17-13/h2-6H,7H2,1H3,(H4,14,15,16,17). The lowest BCUT2D eigenvalue weighted by Gasteiger charge is -2.04. The van der Waals surface area contributed by atoms with Gasteiger partial charge in [0.1, 0.15) is 11.6 Å². The van der Waals surface area contributed by atoms with Gasteiger partial charge in [-0.25, -0.2) is 14.8 Å². The third kappa shape index (κ3) is 3.61. The van der Waals surface area contributed by atoms with Gasteiger partial charge in [0.2, 0.25) is 0 Å². The molecule has 1 aromatic carbocycles. The molecule has 0 amide bonds. The summed E-state index contributed by atoms with van der Waals surface area (Å²) < 4.78 is 4.68. The van der Waals surface area contributed by atoms with Gasteiger partial charge in [0.05, 0.1) is 12.7 Å². The highest BCUT2D eigenvalue weighted by molar-refractivity contribution is 7.98. The van der Waals surface area contributed by atoms with Gasteiger partial charge in [-0.15, -0.1) is 0 Å². The first-order valence-corrected chi connectivity index (χ1v) is 6.77. The highest BCUT2D eigenvalue weighted by Crippen LogP contribution is 2.21. The number of thioether (sulfide) groups is 1. The van der Waals surface area contributed by atoms with Crippen molar-refractivity contribution in [3.8, 4) is 0 Å².